The van der Waals surface area contributed by atoms with Gasteiger partial charge in [-0.05, 0) is 124 Å². The SMILES string of the molecule is CC(=O)O[C@H]1CC[C@]2(C)[C@H](CC[C@]3(C)[C@@H]2C(=O)C=C2[C@H]4C[C@@](C)(C(=O)OCC[NH+]5CCCCC5)CC[C@]4(C)CC[C@@]23C)C1(C)C. The molecule has 1 saturated heterocycles. The van der Waals surface area contributed by atoms with E-state index >= 15 is 0 Å². The Hall–Kier alpha value is -1.69. The molecule has 1 heterocycles. The first-order valence-corrected chi connectivity index (χ1v) is 18.4. The Morgan fingerprint density at radius 3 is 2.27 bits per heavy atom. The fourth-order valence-corrected chi connectivity index (χ4v) is 12.5. The smallest absolute Gasteiger partial charge is 0.312 e. The number of carbonyl (C=O) groups is 3. The van der Waals surface area contributed by atoms with E-state index in [1.807, 2.05) is 0 Å². The van der Waals surface area contributed by atoms with Gasteiger partial charge in [0.05, 0.1) is 18.5 Å². The molecule has 1 aliphatic heterocycles. The van der Waals surface area contributed by atoms with Crippen molar-refractivity contribution in [3.63, 3.8) is 0 Å². The van der Waals surface area contributed by atoms with E-state index in [-0.39, 0.29) is 57.0 Å². The van der Waals surface area contributed by atoms with Crippen LogP contribution >= 0.6 is 0 Å². The number of ether oxygens (including phenoxy) is 2. The number of hydrogen-bond acceptors (Lipinski definition) is 5. The van der Waals surface area contributed by atoms with Gasteiger partial charge in [-0.1, -0.05) is 47.1 Å². The number of esters is 2. The van der Waals surface area contributed by atoms with Gasteiger partial charge in [0.15, 0.2) is 5.78 Å². The third kappa shape index (κ3) is 5.08. The lowest BCUT2D eigenvalue weighted by Crippen LogP contribution is -3.13. The average molecular weight is 625 g/mol. The van der Waals surface area contributed by atoms with Crippen LogP contribution in [0, 0.1) is 50.2 Å². The number of likely N-dealkylation sites (tertiary alicyclic amines) is 1. The summed E-state index contributed by atoms with van der Waals surface area (Å²) in [4.78, 5) is 42.0. The van der Waals surface area contributed by atoms with Crippen molar-refractivity contribution in [3.05, 3.63) is 11.6 Å². The normalized spacial score (nSPS) is 46.0. The summed E-state index contributed by atoms with van der Waals surface area (Å²) in [5.41, 5.74) is 0.388. The summed E-state index contributed by atoms with van der Waals surface area (Å²) in [5, 5.41) is 0. The number of piperidine rings is 1. The molecule has 0 spiro atoms. The second-order valence-electron chi connectivity index (χ2n) is 18.4. The van der Waals surface area contributed by atoms with Gasteiger partial charge in [0.25, 0.3) is 0 Å². The Morgan fingerprint density at radius 2 is 1.58 bits per heavy atom. The number of rotatable bonds is 5. The lowest BCUT2D eigenvalue weighted by molar-refractivity contribution is -0.905. The van der Waals surface area contributed by atoms with E-state index in [0.29, 0.717) is 18.3 Å². The highest BCUT2D eigenvalue weighted by Crippen LogP contribution is 2.75. The quantitative estimate of drug-likeness (QED) is 0.353. The first-order chi connectivity index (χ1) is 21.0. The van der Waals surface area contributed by atoms with Crippen LogP contribution in [0.5, 0.6) is 0 Å². The minimum absolute atomic E-state index is 0.0279. The van der Waals surface area contributed by atoms with Crippen LogP contribution in [0.4, 0.5) is 0 Å². The van der Waals surface area contributed by atoms with E-state index in [1.54, 1.807) is 4.90 Å². The molecule has 0 unspecified atom stereocenters. The van der Waals surface area contributed by atoms with Gasteiger partial charge < -0.3 is 14.4 Å². The molecular formula is C39H62NO5+. The third-order valence-electron chi connectivity index (χ3n) is 15.6. The van der Waals surface area contributed by atoms with Gasteiger partial charge in [-0.3, -0.25) is 14.4 Å². The number of ketones is 1. The summed E-state index contributed by atoms with van der Waals surface area (Å²) in [7, 11) is 0. The van der Waals surface area contributed by atoms with E-state index in [4.69, 9.17) is 9.47 Å². The molecule has 0 aromatic heterocycles. The molecular weight excluding hydrogens is 562 g/mol. The number of quaternary nitrogens is 1. The van der Waals surface area contributed by atoms with Gasteiger partial charge in [-0.25, -0.2) is 0 Å². The summed E-state index contributed by atoms with van der Waals surface area (Å²) < 4.78 is 11.9. The van der Waals surface area contributed by atoms with Gasteiger partial charge in [0, 0.05) is 18.3 Å². The average Bonchev–Trinajstić information content (AvgIpc) is 2.97. The van der Waals surface area contributed by atoms with Crippen molar-refractivity contribution in [2.45, 2.75) is 139 Å². The summed E-state index contributed by atoms with van der Waals surface area (Å²) >= 11 is 0. The largest absolute Gasteiger partial charge is 0.462 e. The van der Waals surface area contributed by atoms with Crippen LogP contribution in [0.15, 0.2) is 11.6 Å². The third-order valence-corrected chi connectivity index (χ3v) is 15.6. The highest BCUT2D eigenvalue weighted by atomic mass is 16.5. The molecule has 6 rings (SSSR count). The number of fused-ring (bicyclic) bond motifs is 7. The predicted molar refractivity (Wildman–Crippen MR) is 175 cm³/mol. The van der Waals surface area contributed by atoms with Gasteiger partial charge in [-0.15, -0.1) is 0 Å². The van der Waals surface area contributed by atoms with Crippen LogP contribution in [0.3, 0.4) is 0 Å². The van der Waals surface area contributed by atoms with Crippen molar-refractivity contribution < 1.29 is 28.8 Å². The molecule has 0 radical (unpaired) electrons. The van der Waals surface area contributed by atoms with E-state index in [9.17, 15) is 14.4 Å². The molecule has 5 fully saturated rings. The second kappa shape index (κ2) is 11.2. The lowest BCUT2D eigenvalue weighted by Gasteiger charge is -2.70. The maximum Gasteiger partial charge on any atom is 0.312 e. The molecule has 1 N–H and O–H groups in total. The fourth-order valence-electron chi connectivity index (χ4n) is 12.5. The molecule has 0 amide bonds. The monoisotopic (exact) mass is 624 g/mol. The molecule has 0 aromatic carbocycles. The molecule has 252 valence electrons. The Balaban J connectivity index is 1.27. The minimum Gasteiger partial charge on any atom is -0.462 e. The van der Waals surface area contributed by atoms with E-state index in [2.05, 4.69) is 54.5 Å². The zero-order chi connectivity index (χ0) is 32.6. The number of carbonyl (C=O) groups excluding carboxylic acids is 3. The molecule has 6 nitrogen and oxygen atoms in total. The number of nitrogens with one attached hydrogen (secondary N) is 1. The first-order valence-electron chi connectivity index (χ1n) is 18.4. The molecule has 6 aliphatic rings. The van der Waals surface area contributed by atoms with Crippen LogP contribution in [0.25, 0.3) is 0 Å². The maximum absolute atomic E-state index is 14.7. The van der Waals surface area contributed by atoms with Crippen LogP contribution in [-0.2, 0) is 23.9 Å². The zero-order valence-corrected chi connectivity index (χ0v) is 29.7. The van der Waals surface area contributed by atoms with Gasteiger partial charge in [0.2, 0.25) is 0 Å². The summed E-state index contributed by atoms with van der Waals surface area (Å²) in [6.07, 6.45) is 14.6. The minimum atomic E-state index is -0.510. The highest BCUT2D eigenvalue weighted by molar-refractivity contribution is 5.95. The van der Waals surface area contributed by atoms with Crippen LogP contribution in [0.1, 0.15) is 132 Å². The molecule has 6 heteroatoms. The van der Waals surface area contributed by atoms with Crippen molar-refractivity contribution in [3.8, 4) is 0 Å². The highest BCUT2D eigenvalue weighted by Gasteiger charge is 2.70. The number of allylic oxidation sites excluding steroid dienone is 2. The molecule has 5 aliphatic carbocycles. The van der Waals surface area contributed by atoms with Crippen molar-refractivity contribution in [1.29, 1.82) is 0 Å². The standard InChI is InChI=1S/C39H61NO5/c1-26(41)45-31-13-14-37(6)30(34(31,2)3)12-15-39(8)32(37)29(42)24-27-28-25-36(5,17-16-35(28,4)18-19-38(27,39)7)33(43)44-23-22-40-20-10-9-11-21-40/h24,28,30-32H,9-23,25H2,1-8H3/p+1/t28-,30-,31+,32-,35-,36+,37-,38+,39-/m1/s1. The maximum atomic E-state index is 14.7. The topological polar surface area (TPSA) is 74.1 Å². The van der Waals surface area contributed by atoms with Crippen molar-refractivity contribution in [2.75, 3.05) is 26.2 Å². The summed E-state index contributed by atoms with van der Waals surface area (Å²) in [6.45, 7) is 21.7. The van der Waals surface area contributed by atoms with E-state index < -0.39 is 5.41 Å². The van der Waals surface area contributed by atoms with Crippen LogP contribution < -0.4 is 4.90 Å². The zero-order valence-electron chi connectivity index (χ0n) is 29.7. The van der Waals surface area contributed by atoms with Crippen molar-refractivity contribution >= 4 is 17.7 Å². The van der Waals surface area contributed by atoms with Gasteiger partial charge >= 0.3 is 11.9 Å². The Bertz CT molecular complexity index is 1250. The fraction of sp³-hybridized carbons (Fsp3) is 0.872. The van der Waals surface area contributed by atoms with Gasteiger partial charge in [0.1, 0.15) is 19.3 Å². The summed E-state index contributed by atoms with van der Waals surface area (Å²) in [6, 6.07) is 0. The lowest BCUT2D eigenvalue weighted by atomic mass is 9.33. The molecule has 9 atom stereocenters. The Morgan fingerprint density at radius 1 is 0.889 bits per heavy atom. The van der Waals surface area contributed by atoms with Gasteiger partial charge in [-0.2, -0.15) is 0 Å². The van der Waals surface area contributed by atoms with Crippen molar-refractivity contribution in [2.24, 2.45) is 50.2 Å². The Kier molecular flexibility index (Phi) is 8.26. The van der Waals surface area contributed by atoms with E-state index in [1.165, 1.54) is 44.8 Å². The predicted octanol–water partition coefficient (Wildman–Crippen LogP) is 6.51. The molecule has 0 bridgehead atoms. The van der Waals surface area contributed by atoms with Crippen LogP contribution in [0.2, 0.25) is 0 Å². The van der Waals surface area contributed by atoms with Crippen LogP contribution in [-0.4, -0.2) is 50.1 Å². The summed E-state index contributed by atoms with van der Waals surface area (Å²) in [5.74, 6) is 0.567. The number of hydrogen-bond donors (Lipinski definition) is 1. The molecule has 0 aromatic rings. The molecule has 45 heavy (non-hydrogen) atoms. The van der Waals surface area contributed by atoms with Crippen molar-refractivity contribution in [1.82, 2.24) is 0 Å². The molecule has 4 saturated carbocycles. The Labute approximate surface area is 272 Å². The second-order valence-corrected chi connectivity index (χ2v) is 18.4. The first kappa shape index (κ1) is 33.2. The van der Waals surface area contributed by atoms with E-state index in [0.717, 1.165) is 64.3 Å².